The molecule has 2 N–H and O–H groups in total. The second-order valence-electron chi connectivity index (χ2n) is 7.68. The topological polar surface area (TPSA) is 73.9 Å². The molecule has 0 saturated carbocycles. The van der Waals surface area contributed by atoms with Crippen molar-refractivity contribution < 1.29 is 14.3 Å². The molecule has 0 aromatic heterocycles. The second-order valence-corrected chi connectivity index (χ2v) is 7.68. The number of hydrogen-bond acceptors (Lipinski definition) is 4. The molecule has 1 aliphatic heterocycles. The number of piperazine rings is 1. The summed E-state index contributed by atoms with van der Waals surface area (Å²) in [6.45, 7) is 5.31. The quantitative estimate of drug-likeness (QED) is 0.609. The number of amides is 3. The van der Waals surface area contributed by atoms with Gasteiger partial charge >= 0.3 is 6.03 Å². The minimum Gasteiger partial charge on any atom is -0.497 e. The lowest BCUT2D eigenvalue weighted by molar-refractivity contribution is -0.131. The summed E-state index contributed by atoms with van der Waals surface area (Å²) in [4.78, 5) is 28.8. The minimum absolute atomic E-state index is 0.273. The van der Waals surface area contributed by atoms with Crippen LogP contribution in [-0.4, -0.2) is 50.1 Å². The molecule has 1 heterocycles. The Kier molecular flexibility index (Phi) is 8.15. The van der Waals surface area contributed by atoms with Gasteiger partial charge in [-0.2, -0.15) is 0 Å². The third-order valence-electron chi connectivity index (χ3n) is 5.44. The number of urea groups is 1. The maximum atomic E-state index is 12.3. The molecule has 0 atom stereocenters. The maximum Gasteiger partial charge on any atom is 0.323 e. The van der Waals surface area contributed by atoms with Gasteiger partial charge in [0.05, 0.1) is 7.11 Å². The average Bonchev–Trinajstić information content (AvgIpc) is 2.80. The Balaban J connectivity index is 1.47. The van der Waals surface area contributed by atoms with Gasteiger partial charge in [0.25, 0.3) is 0 Å². The number of unbranched alkanes of at least 4 members (excludes halogenated alkanes) is 2. The van der Waals surface area contributed by atoms with Crippen molar-refractivity contribution in [1.82, 2.24) is 4.90 Å². The van der Waals surface area contributed by atoms with Crippen molar-refractivity contribution in [2.45, 2.75) is 32.6 Å². The molecule has 1 saturated heterocycles. The van der Waals surface area contributed by atoms with Crippen LogP contribution in [0.1, 0.15) is 32.6 Å². The fourth-order valence-electron chi connectivity index (χ4n) is 3.65. The predicted octanol–water partition coefficient (Wildman–Crippen LogP) is 4.57. The lowest BCUT2D eigenvalue weighted by Gasteiger charge is -2.36. The third-order valence-corrected chi connectivity index (χ3v) is 5.44. The zero-order valence-electron chi connectivity index (χ0n) is 18.4. The van der Waals surface area contributed by atoms with Crippen molar-refractivity contribution in [3.63, 3.8) is 0 Å². The first-order chi connectivity index (χ1) is 15.1. The molecule has 1 fully saturated rings. The number of anilines is 3. The van der Waals surface area contributed by atoms with E-state index in [2.05, 4.69) is 22.5 Å². The lowest BCUT2D eigenvalue weighted by Crippen LogP contribution is -2.48. The lowest BCUT2D eigenvalue weighted by atomic mass is 10.1. The number of carbonyl (C=O) groups is 2. The van der Waals surface area contributed by atoms with E-state index in [9.17, 15) is 9.59 Å². The van der Waals surface area contributed by atoms with Gasteiger partial charge in [-0.3, -0.25) is 4.79 Å². The molecule has 0 unspecified atom stereocenters. The smallest absolute Gasteiger partial charge is 0.323 e. The molecule has 0 radical (unpaired) electrons. The molecule has 1 aliphatic rings. The fourth-order valence-corrected chi connectivity index (χ4v) is 3.65. The average molecular weight is 425 g/mol. The van der Waals surface area contributed by atoms with Crippen molar-refractivity contribution >= 4 is 29.0 Å². The first-order valence-corrected chi connectivity index (χ1v) is 10.9. The Hall–Kier alpha value is -3.22. The van der Waals surface area contributed by atoms with E-state index >= 15 is 0 Å². The highest BCUT2D eigenvalue weighted by molar-refractivity contribution is 5.99. The molecule has 0 aliphatic carbocycles. The van der Waals surface area contributed by atoms with E-state index in [1.54, 1.807) is 19.2 Å². The zero-order chi connectivity index (χ0) is 22.1. The van der Waals surface area contributed by atoms with Gasteiger partial charge in [0, 0.05) is 55.7 Å². The summed E-state index contributed by atoms with van der Waals surface area (Å²) in [5.41, 5.74) is 2.47. The molecular formula is C24H32N4O3. The summed E-state index contributed by atoms with van der Waals surface area (Å²) in [7, 11) is 1.59. The maximum absolute atomic E-state index is 12.3. The number of ether oxygens (including phenoxy) is 1. The number of carbonyl (C=O) groups excluding carboxylic acids is 2. The van der Waals surface area contributed by atoms with Crippen LogP contribution in [0.15, 0.2) is 48.5 Å². The third kappa shape index (κ3) is 6.64. The molecule has 7 nitrogen and oxygen atoms in total. The van der Waals surface area contributed by atoms with Gasteiger partial charge in [0.2, 0.25) is 5.91 Å². The first kappa shape index (κ1) is 22.5. The van der Waals surface area contributed by atoms with Crippen LogP contribution in [0.4, 0.5) is 21.9 Å². The fraction of sp³-hybridized carbons (Fsp3) is 0.417. The zero-order valence-corrected chi connectivity index (χ0v) is 18.4. The normalized spacial score (nSPS) is 13.6. The van der Waals surface area contributed by atoms with Crippen LogP contribution in [0.5, 0.6) is 5.75 Å². The van der Waals surface area contributed by atoms with Crippen LogP contribution in [0.2, 0.25) is 0 Å². The van der Waals surface area contributed by atoms with Gasteiger partial charge in [-0.15, -0.1) is 0 Å². The summed E-state index contributed by atoms with van der Waals surface area (Å²) in [5.74, 6) is 0.958. The summed E-state index contributed by atoms with van der Waals surface area (Å²) in [6.07, 6.45) is 3.89. The molecule has 166 valence electrons. The highest BCUT2D eigenvalue weighted by Gasteiger charge is 2.20. The molecule has 2 aromatic carbocycles. The van der Waals surface area contributed by atoms with E-state index in [1.165, 1.54) is 0 Å². The Morgan fingerprint density at radius 2 is 1.65 bits per heavy atom. The van der Waals surface area contributed by atoms with Crippen LogP contribution in [0.3, 0.4) is 0 Å². The van der Waals surface area contributed by atoms with Gasteiger partial charge in [0.1, 0.15) is 5.75 Å². The number of benzene rings is 2. The van der Waals surface area contributed by atoms with Crippen LogP contribution in [0, 0.1) is 0 Å². The highest BCUT2D eigenvalue weighted by atomic mass is 16.5. The van der Waals surface area contributed by atoms with Crippen molar-refractivity contribution in [2.75, 3.05) is 48.8 Å². The van der Waals surface area contributed by atoms with Gasteiger partial charge < -0.3 is 25.2 Å². The standard InChI is InChI=1S/C24H32N4O3/c1-3-4-5-9-23(29)28-16-14-27(15-17-28)21-12-10-19(11-13-21)25-24(30)26-20-7-6-8-22(18-20)31-2/h6-8,10-13,18H,3-5,9,14-17H2,1-2H3,(H2,25,26,30). The Morgan fingerprint density at radius 3 is 2.32 bits per heavy atom. The van der Waals surface area contributed by atoms with E-state index in [4.69, 9.17) is 4.74 Å². The number of hydrogen-bond donors (Lipinski definition) is 2. The van der Waals surface area contributed by atoms with E-state index < -0.39 is 0 Å². The van der Waals surface area contributed by atoms with Gasteiger partial charge in [0.15, 0.2) is 0 Å². The van der Waals surface area contributed by atoms with Gasteiger partial charge in [-0.25, -0.2) is 4.79 Å². The number of rotatable bonds is 8. The molecular weight excluding hydrogens is 392 g/mol. The Morgan fingerprint density at radius 1 is 0.935 bits per heavy atom. The van der Waals surface area contributed by atoms with E-state index in [0.29, 0.717) is 23.5 Å². The van der Waals surface area contributed by atoms with Crippen molar-refractivity contribution in [2.24, 2.45) is 0 Å². The van der Waals surface area contributed by atoms with Crippen LogP contribution in [-0.2, 0) is 4.79 Å². The van der Waals surface area contributed by atoms with E-state index in [-0.39, 0.29) is 11.9 Å². The molecule has 3 rings (SSSR count). The second kappa shape index (κ2) is 11.2. The Labute approximate surface area is 184 Å². The Bertz CT molecular complexity index is 861. The van der Waals surface area contributed by atoms with Crippen molar-refractivity contribution in [3.8, 4) is 5.75 Å². The summed E-state index contributed by atoms with van der Waals surface area (Å²) in [6, 6.07) is 14.7. The first-order valence-electron chi connectivity index (χ1n) is 10.9. The SMILES string of the molecule is CCCCCC(=O)N1CCN(c2ccc(NC(=O)Nc3cccc(OC)c3)cc2)CC1. The summed E-state index contributed by atoms with van der Waals surface area (Å²) >= 11 is 0. The van der Waals surface area contributed by atoms with Gasteiger partial charge in [-0.05, 0) is 42.8 Å². The largest absolute Gasteiger partial charge is 0.497 e. The molecule has 3 amide bonds. The van der Waals surface area contributed by atoms with E-state index in [1.807, 2.05) is 41.3 Å². The van der Waals surface area contributed by atoms with Crippen LogP contribution >= 0.6 is 0 Å². The monoisotopic (exact) mass is 424 g/mol. The summed E-state index contributed by atoms with van der Waals surface area (Å²) in [5, 5.41) is 5.64. The van der Waals surface area contributed by atoms with Crippen LogP contribution < -0.4 is 20.3 Å². The number of nitrogens with zero attached hydrogens (tertiary/aromatic N) is 2. The van der Waals surface area contributed by atoms with Crippen molar-refractivity contribution in [3.05, 3.63) is 48.5 Å². The van der Waals surface area contributed by atoms with Crippen LogP contribution in [0.25, 0.3) is 0 Å². The molecule has 0 spiro atoms. The molecule has 0 bridgehead atoms. The van der Waals surface area contributed by atoms with Crippen molar-refractivity contribution in [1.29, 1.82) is 0 Å². The summed E-state index contributed by atoms with van der Waals surface area (Å²) < 4.78 is 5.17. The molecule has 2 aromatic rings. The predicted molar refractivity (Wildman–Crippen MR) is 125 cm³/mol. The number of methoxy groups -OCH3 is 1. The minimum atomic E-state index is -0.309. The number of nitrogens with one attached hydrogen (secondary N) is 2. The van der Waals surface area contributed by atoms with E-state index in [0.717, 1.165) is 51.1 Å². The molecule has 7 heteroatoms. The van der Waals surface area contributed by atoms with Gasteiger partial charge in [-0.1, -0.05) is 25.8 Å². The molecule has 31 heavy (non-hydrogen) atoms. The highest BCUT2D eigenvalue weighted by Crippen LogP contribution is 2.21.